The number of rotatable bonds is 7. The fourth-order valence-electron chi connectivity index (χ4n) is 1.58. The molecule has 0 radical (unpaired) electrons. The first-order valence-electron chi connectivity index (χ1n) is 7.38. The first-order chi connectivity index (χ1) is 10.0. The minimum absolute atomic E-state index is 0. The summed E-state index contributed by atoms with van der Waals surface area (Å²) in [6, 6.07) is 6.42. The number of aliphatic imine (C=N–C) groups is 1. The smallest absolute Gasteiger partial charge is 0.191 e. The summed E-state index contributed by atoms with van der Waals surface area (Å²) in [7, 11) is 1.76. The maximum Gasteiger partial charge on any atom is 0.191 e. The van der Waals surface area contributed by atoms with Gasteiger partial charge in [0, 0.05) is 19.6 Å². The van der Waals surface area contributed by atoms with Crippen LogP contribution in [0.4, 0.5) is 4.39 Å². The Hall–Kier alpha value is -1.05. The molecular formula is C16H27FIN3O. The number of hydrogen-bond acceptors (Lipinski definition) is 2. The van der Waals surface area contributed by atoms with Crippen molar-refractivity contribution in [1.82, 2.24) is 10.6 Å². The molecule has 2 N–H and O–H groups in total. The van der Waals surface area contributed by atoms with E-state index in [-0.39, 0.29) is 29.8 Å². The van der Waals surface area contributed by atoms with Gasteiger partial charge in [0.15, 0.2) is 5.96 Å². The normalized spacial score (nSPS) is 12.5. The lowest BCUT2D eigenvalue weighted by Gasteiger charge is -2.20. The third-order valence-electron chi connectivity index (χ3n) is 3.28. The molecule has 0 spiro atoms. The van der Waals surface area contributed by atoms with E-state index < -0.39 is 0 Å². The second kappa shape index (κ2) is 11.5. The summed E-state index contributed by atoms with van der Waals surface area (Å²) in [4.78, 5) is 4.19. The number of hydrogen-bond donors (Lipinski definition) is 2. The Morgan fingerprint density at radius 3 is 2.41 bits per heavy atom. The molecule has 0 amide bonds. The Morgan fingerprint density at radius 2 is 1.86 bits per heavy atom. The lowest BCUT2D eigenvalue weighted by Crippen LogP contribution is -2.44. The Bertz CT molecular complexity index is 438. The Labute approximate surface area is 149 Å². The van der Waals surface area contributed by atoms with Crippen LogP contribution in [0.3, 0.4) is 0 Å². The second-order valence-corrected chi connectivity index (χ2v) is 5.33. The van der Waals surface area contributed by atoms with Gasteiger partial charge in [-0.15, -0.1) is 24.0 Å². The quantitative estimate of drug-likeness (QED) is 0.306. The first kappa shape index (κ1) is 20.9. The van der Waals surface area contributed by atoms with Crippen LogP contribution in [0.2, 0.25) is 0 Å². The summed E-state index contributed by atoms with van der Waals surface area (Å²) >= 11 is 0. The van der Waals surface area contributed by atoms with Crippen molar-refractivity contribution >= 4 is 29.9 Å². The van der Waals surface area contributed by atoms with E-state index in [2.05, 4.69) is 36.4 Å². The number of nitrogens with one attached hydrogen (secondary N) is 2. The molecule has 22 heavy (non-hydrogen) atoms. The van der Waals surface area contributed by atoms with Gasteiger partial charge < -0.3 is 15.4 Å². The van der Waals surface area contributed by atoms with Gasteiger partial charge in [0.25, 0.3) is 0 Å². The van der Waals surface area contributed by atoms with E-state index in [0.29, 0.717) is 24.3 Å². The van der Waals surface area contributed by atoms with E-state index in [4.69, 9.17) is 4.74 Å². The van der Waals surface area contributed by atoms with Crippen LogP contribution in [-0.2, 0) is 0 Å². The van der Waals surface area contributed by atoms with Gasteiger partial charge in [-0.05, 0) is 43.5 Å². The lowest BCUT2D eigenvalue weighted by molar-refractivity contribution is 0.310. The minimum Gasteiger partial charge on any atom is -0.494 e. The molecule has 0 aliphatic carbocycles. The Balaban J connectivity index is 0.00000441. The second-order valence-electron chi connectivity index (χ2n) is 5.33. The topological polar surface area (TPSA) is 45.7 Å². The van der Waals surface area contributed by atoms with Crippen molar-refractivity contribution in [2.45, 2.75) is 33.2 Å². The zero-order valence-corrected chi connectivity index (χ0v) is 16.1. The third-order valence-corrected chi connectivity index (χ3v) is 3.28. The molecule has 126 valence electrons. The fraction of sp³-hybridized carbons (Fsp3) is 0.562. The average molecular weight is 423 g/mol. The molecule has 0 aromatic heterocycles. The number of ether oxygens (including phenoxy) is 1. The average Bonchev–Trinajstić information content (AvgIpc) is 2.47. The molecule has 1 aromatic rings. The van der Waals surface area contributed by atoms with Crippen molar-refractivity contribution in [3.05, 3.63) is 30.1 Å². The molecule has 4 nitrogen and oxygen atoms in total. The maximum absolute atomic E-state index is 12.7. The van der Waals surface area contributed by atoms with Crippen LogP contribution in [0.1, 0.15) is 27.2 Å². The van der Waals surface area contributed by atoms with Crippen LogP contribution in [0.5, 0.6) is 5.75 Å². The van der Waals surface area contributed by atoms with Crippen molar-refractivity contribution in [2.75, 3.05) is 20.2 Å². The minimum atomic E-state index is -0.252. The molecular weight excluding hydrogens is 396 g/mol. The van der Waals surface area contributed by atoms with E-state index in [1.54, 1.807) is 19.2 Å². The molecule has 1 rings (SSSR count). The highest BCUT2D eigenvalue weighted by molar-refractivity contribution is 14.0. The highest BCUT2D eigenvalue weighted by atomic mass is 127. The van der Waals surface area contributed by atoms with E-state index in [9.17, 15) is 4.39 Å². The molecule has 0 saturated heterocycles. The molecule has 6 heteroatoms. The van der Waals surface area contributed by atoms with E-state index in [0.717, 1.165) is 18.9 Å². The predicted octanol–water partition coefficient (Wildman–Crippen LogP) is 3.42. The standard InChI is InChI=1S/C16H26FN3O.HI/c1-12(2)13(3)20-16(18-4)19-10-5-11-21-15-8-6-14(17)7-9-15;/h6-9,12-13H,5,10-11H2,1-4H3,(H2,18,19,20);1H. The van der Waals surface area contributed by atoms with Crippen LogP contribution >= 0.6 is 24.0 Å². The molecule has 0 aliphatic rings. The summed E-state index contributed by atoms with van der Waals surface area (Å²) < 4.78 is 18.3. The van der Waals surface area contributed by atoms with Gasteiger partial charge in [0.05, 0.1) is 6.61 Å². The van der Waals surface area contributed by atoms with Crippen molar-refractivity contribution in [2.24, 2.45) is 10.9 Å². The molecule has 0 bridgehead atoms. The number of benzene rings is 1. The van der Waals surface area contributed by atoms with Gasteiger partial charge >= 0.3 is 0 Å². The first-order valence-corrected chi connectivity index (χ1v) is 7.38. The molecule has 1 aromatic carbocycles. The highest BCUT2D eigenvalue weighted by Gasteiger charge is 2.08. The largest absolute Gasteiger partial charge is 0.494 e. The van der Waals surface area contributed by atoms with Crippen molar-refractivity contribution in [3.63, 3.8) is 0 Å². The summed E-state index contributed by atoms with van der Waals surface area (Å²) in [6.45, 7) is 7.82. The van der Waals surface area contributed by atoms with Gasteiger partial charge in [0.2, 0.25) is 0 Å². The summed E-state index contributed by atoms with van der Waals surface area (Å²) in [5, 5.41) is 6.59. The maximum atomic E-state index is 12.7. The van der Waals surface area contributed by atoms with Crippen LogP contribution in [0, 0.1) is 11.7 Å². The summed E-state index contributed by atoms with van der Waals surface area (Å²) in [5.41, 5.74) is 0. The van der Waals surface area contributed by atoms with Gasteiger partial charge in [0.1, 0.15) is 11.6 Å². The van der Waals surface area contributed by atoms with Crippen molar-refractivity contribution in [3.8, 4) is 5.75 Å². The highest BCUT2D eigenvalue weighted by Crippen LogP contribution is 2.10. The SMILES string of the molecule is CN=C(NCCCOc1ccc(F)cc1)NC(C)C(C)C.I. The van der Waals surface area contributed by atoms with Crippen LogP contribution in [0.15, 0.2) is 29.3 Å². The number of guanidine groups is 1. The van der Waals surface area contributed by atoms with E-state index >= 15 is 0 Å². The summed E-state index contributed by atoms with van der Waals surface area (Å²) in [5.74, 6) is 1.79. The van der Waals surface area contributed by atoms with Gasteiger partial charge in [-0.3, -0.25) is 4.99 Å². The van der Waals surface area contributed by atoms with Crippen LogP contribution in [0.25, 0.3) is 0 Å². The third kappa shape index (κ3) is 8.41. The van der Waals surface area contributed by atoms with Gasteiger partial charge in [-0.1, -0.05) is 13.8 Å². The monoisotopic (exact) mass is 423 g/mol. The van der Waals surface area contributed by atoms with Crippen LogP contribution in [-0.4, -0.2) is 32.2 Å². The number of nitrogens with zero attached hydrogens (tertiary/aromatic N) is 1. The Kier molecular flexibility index (Phi) is 11.0. The molecule has 0 saturated carbocycles. The van der Waals surface area contributed by atoms with Gasteiger partial charge in [-0.25, -0.2) is 4.39 Å². The molecule has 0 fully saturated rings. The van der Waals surface area contributed by atoms with Gasteiger partial charge in [-0.2, -0.15) is 0 Å². The van der Waals surface area contributed by atoms with Crippen LogP contribution < -0.4 is 15.4 Å². The lowest BCUT2D eigenvalue weighted by atomic mass is 10.1. The zero-order valence-electron chi connectivity index (χ0n) is 13.7. The molecule has 1 unspecified atom stereocenters. The predicted molar refractivity (Wildman–Crippen MR) is 101 cm³/mol. The Morgan fingerprint density at radius 1 is 1.23 bits per heavy atom. The van der Waals surface area contributed by atoms with Crippen molar-refractivity contribution in [1.29, 1.82) is 0 Å². The van der Waals surface area contributed by atoms with E-state index in [1.165, 1.54) is 12.1 Å². The summed E-state index contributed by atoms with van der Waals surface area (Å²) in [6.07, 6.45) is 0.841. The molecule has 1 atom stereocenters. The van der Waals surface area contributed by atoms with Crippen molar-refractivity contribution < 1.29 is 9.13 Å². The molecule has 0 aliphatic heterocycles. The zero-order chi connectivity index (χ0) is 15.7. The molecule has 0 heterocycles. The fourth-order valence-corrected chi connectivity index (χ4v) is 1.58. The van der Waals surface area contributed by atoms with E-state index in [1.807, 2.05) is 0 Å². The number of halogens is 2.